The number of hydrogen-bond acceptors (Lipinski definition) is 3. The van der Waals surface area contributed by atoms with Gasteiger partial charge in [-0.05, 0) is 24.1 Å². The zero-order chi connectivity index (χ0) is 15.9. The van der Waals surface area contributed by atoms with Gasteiger partial charge in [-0.1, -0.05) is 6.92 Å². The third-order valence-corrected chi connectivity index (χ3v) is 3.73. The lowest BCUT2D eigenvalue weighted by Crippen LogP contribution is -2.28. The largest absolute Gasteiger partial charge is 0.444 e. The third-order valence-electron chi connectivity index (χ3n) is 3.73. The highest BCUT2D eigenvalue weighted by Gasteiger charge is 2.36. The quantitative estimate of drug-likeness (QED) is 0.850. The molecule has 0 spiro atoms. The number of benzene rings is 1. The average molecular weight is 310 g/mol. The molecule has 0 unspecified atom stereocenters. The number of oxazole rings is 1. The normalized spacial score (nSPS) is 14.3. The molecule has 1 aliphatic heterocycles. The zero-order valence-corrected chi connectivity index (χ0v) is 11.8. The van der Waals surface area contributed by atoms with E-state index in [1.807, 2.05) is 0 Å². The Balaban J connectivity index is 2.20. The fraction of sp³-hybridized carbons (Fsp3) is 0.333. The van der Waals surface area contributed by atoms with Gasteiger partial charge < -0.3 is 9.32 Å². The summed E-state index contributed by atoms with van der Waals surface area (Å²) in [6, 6.07) is 2.09. The molecule has 3 rings (SSSR count). The van der Waals surface area contributed by atoms with Crippen molar-refractivity contribution < 1.29 is 22.4 Å². The molecule has 1 aromatic heterocycles. The van der Waals surface area contributed by atoms with Gasteiger partial charge in [0.25, 0.3) is 0 Å². The number of carbonyl (C=O) groups excluding carboxylic acids is 1. The summed E-state index contributed by atoms with van der Waals surface area (Å²) >= 11 is 0. The number of fused-ring (bicyclic) bond motifs is 1. The summed E-state index contributed by atoms with van der Waals surface area (Å²) in [6.07, 6.45) is -1.21. The molecule has 116 valence electrons. The summed E-state index contributed by atoms with van der Waals surface area (Å²) in [6.45, 7) is 2.07. The van der Waals surface area contributed by atoms with Crippen LogP contribution in [0.3, 0.4) is 0 Å². The predicted octanol–water partition coefficient (Wildman–Crippen LogP) is 3.66. The molecule has 22 heavy (non-hydrogen) atoms. The van der Waals surface area contributed by atoms with Gasteiger partial charge in [-0.2, -0.15) is 13.2 Å². The molecule has 1 aliphatic rings. The number of alkyl halides is 3. The minimum Gasteiger partial charge on any atom is -0.444 e. The lowest BCUT2D eigenvalue weighted by Gasteiger charge is -2.19. The SMILES string of the molecule is CCC(=O)N1CCc2c(-c3cnco3)cc(C(F)(F)F)cc21. The van der Waals surface area contributed by atoms with Gasteiger partial charge in [-0.15, -0.1) is 0 Å². The van der Waals surface area contributed by atoms with E-state index in [1.54, 1.807) is 6.92 Å². The number of hydrogen-bond donors (Lipinski definition) is 0. The Morgan fingerprint density at radius 1 is 1.41 bits per heavy atom. The second-order valence-electron chi connectivity index (χ2n) is 5.03. The minimum atomic E-state index is -4.49. The van der Waals surface area contributed by atoms with Crippen LogP contribution >= 0.6 is 0 Å². The molecule has 7 heteroatoms. The van der Waals surface area contributed by atoms with Crippen molar-refractivity contribution in [1.29, 1.82) is 0 Å². The number of amides is 1. The predicted molar refractivity (Wildman–Crippen MR) is 73.3 cm³/mol. The molecule has 2 aromatic rings. The van der Waals surface area contributed by atoms with Crippen molar-refractivity contribution in [1.82, 2.24) is 4.98 Å². The molecule has 0 bridgehead atoms. The van der Waals surface area contributed by atoms with Crippen molar-refractivity contribution >= 4 is 11.6 Å². The van der Waals surface area contributed by atoms with E-state index in [0.717, 1.165) is 12.1 Å². The van der Waals surface area contributed by atoms with Crippen molar-refractivity contribution in [2.24, 2.45) is 0 Å². The Bertz CT molecular complexity index is 708. The van der Waals surface area contributed by atoms with E-state index in [4.69, 9.17) is 4.42 Å². The number of halogens is 3. The number of nitrogens with zero attached hydrogens (tertiary/aromatic N) is 2. The maximum atomic E-state index is 13.1. The smallest absolute Gasteiger partial charge is 0.416 e. The first kappa shape index (κ1) is 14.6. The molecule has 0 saturated heterocycles. The average Bonchev–Trinajstić information content (AvgIpc) is 3.13. The molecule has 0 atom stereocenters. The fourth-order valence-corrected chi connectivity index (χ4v) is 2.69. The van der Waals surface area contributed by atoms with Gasteiger partial charge in [0, 0.05) is 24.2 Å². The lowest BCUT2D eigenvalue weighted by atomic mass is 9.99. The molecular formula is C15H13F3N2O2. The molecule has 0 fully saturated rings. The first-order valence-electron chi connectivity index (χ1n) is 6.85. The van der Waals surface area contributed by atoms with Gasteiger partial charge in [0.2, 0.25) is 5.91 Å². The Morgan fingerprint density at radius 3 is 2.77 bits per heavy atom. The molecule has 1 amide bonds. The van der Waals surface area contributed by atoms with Crippen LogP contribution in [-0.4, -0.2) is 17.4 Å². The Kier molecular flexibility index (Phi) is 3.42. The van der Waals surface area contributed by atoms with E-state index in [2.05, 4.69) is 4.98 Å². The van der Waals surface area contributed by atoms with Crippen molar-refractivity contribution in [3.63, 3.8) is 0 Å². The summed E-state index contributed by atoms with van der Waals surface area (Å²) in [5.74, 6) is 0.0785. The van der Waals surface area contributed by atoms with Crippen LogP contribution in [0.5, 0.6) is 0 Å². The number of anilines is 1. The summed E-state index contributed by atoms with van der Waals surface area (Å²) in [7, 11) is 0. The van der Waals surface area contributed by atoms with E-state index in [1.165, 1.54) is 17.5 Å². The number of aromatic nitrogens is 1. The molecule has 2 heterocycles. The maximum Gasteiger partial charge on any atom is 0.416 e. The molecule has 0 aliphatic carbocycles. The first-order chi connectivity index (χ1) is 10.4. The van der Waals surface area contributed by atoms with Gasteiger partial charge >= 0.3 is 6.18 Å². The van der Waals surface area contributed by atoms with Crippen molar-refractivity contribution in [3.8, 4) is 11.3 Å². The summed E-state index contributed by atoms with van der Waals surface area (Å²) in [4.78, 5) is 17.1. The summed E-state index contributed by atoms with van der Waals surface area (Å²) in [5.41, 5.74) is 0.543. The van der Waals surface area contributed by atoms with E-state index >= 15 is 0 Å². The van der Waals surface area contributed by atoms with Gasteiger partial charge in [0.1, 0.15) is 0 Å². The number of rotatable bonds is 2. The first-order valence-corrected chi connectivity index (χ1v) is 6.85. The Hall–Kier alpha value is -2.31. The highest BCUT2D eigenvalue weighted by Crippen LogP contribution is 2.42. The third kappa shape index (κ3) is 2.36. The van der Waals surface area contributed by atoms with Gasteiger partial charge in [0.05, 0.1) is 11.8 Å². The van der Waals surface area contributed by atoms with Crippen LogP contribution in [0.15, 0.2) is 29.1 Å². The maximum absolute atomic E-state index is 13.1. The van der Waals surface area contributed by atoms with Crippen LogP contribution in [0.4, 0.5) is 18.9 Å². The molecule has 4 nitrogen and oxygen atoms in total. The highest BCUT2D eigenvalue weighted by molar-refractivity contribution is 5.97. The topological polar surface area (TPSA) is 46.3 Å². The second kappa shape index (κ2) is 5.15. The van der Waals surface area contributed by atoms with Crippen LogP contribution in [0.1, 0.15) is 24.5 Å². The summed E-state index contributed by atoms with van der Waals surface area (Å²) in [5, 5.41) is 0. The van der Waals surface area contributed by atoms with Crippen molar-refractivity contribution in [2.75, 3.05) is 11.4 Å². The van der Waals surface area contributed by atoms with E-state index in [9.17, 15) is 18.0 Å². The van der Waals surface area contributed by atoms with Gasteiger partial charge in [0.15, 0.2) is 12.2 Å². The van der Waals surface area contributed by atoms with Crippen LogP contribution in [0.25, 0.3) is 11.3 Å². The van der Waals surface area contributed by atoms with Crippen LogP contribution in [0, 0.1) is 0 Å². The van der Waals surface area contributed by atoms with Crippen molar-refractivity contribution in [2.45, 2.75) is 25.9 Å². The fourth-order valence-electron chi connectivity index (χ4n) is 2.69. The van der Waals surface area contributed by atoms with Crippen LogP contribution in [-0.2, 0) is 17.4 Å². The molecule has 0 radical (unpaired) electrons. The van der Waals surface area contributed by atoms with E-state index in [0.29, 0.717) is 29.8 Å². The number of carbonyl (C=O) groups is 1. The zero-order valence-electron chi connectivity index (χ0n) is 11.8. The summed E-state index contributed by atoms with van der Waals surface area (Å²) < 4.78 is 44.6. The Morgan fingerprint density at radius 2 is 2.18 bits per heavy atom. The second-order valence-corrected chi connectivity index (χ2v) is 5.03. The van der Waals surface area contributed by atoms with E-state index < -0.39 is 11.7 Å². The van der Waals surface area contributed by atoms with Crippen molar-refractivity contribution in [3.05, 3.63) is 35.9 Å². The van der Waals surface area contributed by atoms with Gasteiger partial charge in [-0.3, -0.25) is 4.79 Å². The van der Waals surface area contributed by atoms with Crippen LogP contribution in [0.2, 0.25) is 0 Å². The van der Waals surface area contributed by atoms with Crippen LogP contribution < -0.4 is 4.90 Å². The highest BCUT2D eigenvalue weighted by atomic mass is 19.4. The molecule has 1 aromatic carbocycles. The molecule has 0 N–H and O–H groups in total. The Labute approximate surface area is 124 Å². The molecule has 0 saturated carbocycles. The van der Waals surface area contributed by atoms with E-state index in [-0.39, 0.29) is 18.1 Å². The lowest BCUT2D eigenvalue weighted by molar-refractivity contribution is -0.137. The minimum absolute atomic E-state index is 0.193. The molecular weight excluding hydrogens is 297 g/mol. The monoisotopic (exact) mass is 310 g/mol. The standard InChI is InChI=1S/C15H13F3N2O2/c1-2-14(21)20-4-3-10-11(13-7-19-8-22-13)5-9(6-12(10)20)15(16,17)18/h5-8H,2-4H2,1H3. The van der Waals surface area contributed by atoms with Gasteiger partial charge in [-0.25, -0.2) is 4.98 Å².